The van der Waals surface area contributed by atoms with Gasteiger partial charge in [0.15, 0.2) is 0 Å². The highest BCUT2D eigenvalue weighted by Crippen LogP contribution is 2.26. The summed E-state index contributed by atoms with van der Waals surface area (Å²) < 4.78 is 5.36. The van der Waals surface area contributed by atoms with Crippen LogP contribution in [-0.2, 0) is 9.53 Å². The predicted octanol–water partition coefficient (Wildman–Crippen LogP) is 6.77. The van der Waals surface area contributed by atoms with Crippen molar-refractivity contribution in [1.82, 2.24) is 0 Å². The average molecular weight is 327 g/mol. The van der Waals surface area contributed by atoms with E-state index in [2.05, 4.69) is 48.5 Å². The average Bonchev–Trinajstić information content (AvgIpc) is 2.34. The highest BCUT2D eigenvalue weighted by Gasteiger charge is 2.15. The van der Waals surface area contributed by atoms with Gasteiger partial charge in [-0.3, -0.25) is 4.79 Å². The number of ether oxygens (including phenoxy) is 1. The molecular formula is C21H42O2. The molecule has 0 heterocycles. The maximum Gasteiger partial charge on any atom is 0.305 e. The lowest BCUT2D eigenvalue weighted by Gasteiger charge is -2.23. The second-order valence-electron chi connectivity index (χ2n) is 9.71. The van der Waals surface area contributed by atoms with Crippen molar-refractivity contribution in [2.24, 2.45) is 16.7 Å². The zero-order valence-corrected chi connectivity index (χ0v) is 17.0. The molecule has 0 aromatic heterocycles. The van der Waals surface area contributed by atoms with Crippen molar-refractivity contribution < 1.29 is 9.53 Å². The van der Waals surface area contributed by atoms with Crippen LogP contribution in [0.15, 0.2) is 0 Å². The van der Waals surface area contributed by atoms with E-state index in [0.29, 0.717) is 29.8 Å². The minimum Gasteiger partial charge on any atom is -0.466 e. The van der Waals surface area contributed by atoms with Gasteiger partial charge < -0.3 is 4.74 Å². The molecular weight excluding hydrogens is 284 g/mol. The van der Waals surface area contributed by atoms with E-state index in [4.69, 9.17) is 4.74 Å². The van der Waals surface area contributed by atoms with Gasteiger partial charge in [-0.2, -0.15) is 0 Å². The summed E-state index contributed by atoms with van der Waals surface area (Å²) in [5, 5.41) is 0. The van der Waals surface area contributed by atoms with Crippen LogP contribution >= 0.6 is 0 Å². The van der Waals surface area contributed by atoms with E-state index in [-0.39, 0.29) is 5.97 Å². The summed E-state index contributed by atoms with van der Waals surface area (Å²) in [6, 6.07) is 0. The molecule has 0 aliphatic rings. The third-order valence-electron chi connectivity index (χ3n) is 4.14. The van der Waals surface area contributed by atoms with Gasteiger partial charge in [-0.25, -0.2) is 0 Å². The number of carbonyl (C=O) groups is 1. The van der Waals surface area contributed by atoms with Crippen LogP contribution in [0.4, 0.5) is 0 Å². The largest absolute Gasteiger partial charge is 0.466 e. The van der Waals surface area contributed by atoms with Crippen molar-refractivity contribution in [3.63, 3.8) is 0 Å². The fraction of sp³-hybridized carbons (Fsp3) is 0.952. The molecule has 0 aliphatic heterocycles. The quantitative estimate of drug-likeness (QED) is 0.309. The maximum atomic E-state index is 11.7. The molecule has 1 unspecified atom stereocenters. The number of unbranched alkanes of at least 4 members (excludes halogenated alkanes) is 4. The zero-order chi connectivity index (χ0) is 17.9. The fourth-order valence-corrected chi connectivity index (χ4v) is 3.05. The Morgan fingerprint density at radius 1 is 0.870 bits per heavy atom. The minimum atomic E-state index is -0.0114. The standard InChI is InChI=1S/C21H42O2/c1-18(17-21(5,6)7)14-16-23-19(22)13-11-9-8-10-12-15-20(2,3)4/h18H,8-17H2,1-7H3. The van der Waals surface area contributed by atoms with Crippen molar-refractivity contribution >= 4 is 5.97 Å². The van der Waals surface area contributed by atoms with E-state index >= 15 is 0 Å². The lowest BCUT2D eigenvalue weighted by Crippen LogP contribution is -2.14. The molecule has 0 fully saturated rings. The van der Waals surface area contributed by atoms with Gasteiger partial charge in [-0.05, 0) is 42.4 Å². The third-order valence-corrected chi connectivity index (χ3v) is 4.14. The van der Waals surface area contributed by atoms with E-state index < -0.39 is 0 Å². The molecule has 0 aromatic rings. The summed E-state index contributed by atoms with van der Waals surface area (Å²) in [6.07, 6.45) is 10.0. The summed E-state index contributed by atoms with van der Waals surface area (Å²) in [7, 11) is 0. The van der Waals surface area contributed by atoms with Crippen molar-refractivity contribution in [3.05, 3.63) is 0 Å². The van der Waals surface area contributed by atoms with E-state index in [1.54, 1.807) is 0 Å². The second kappa shape index (κ2) is 11.1. The van der Waals surface area contributed by atoms with Gasteiger partial charge in [0.2, 0.25) is 0 Å². The van der Waals surface area contributed by atoms with Gasteiger partial charge in [-0.1, -0.05) is 74.1 Å². The first-order valence-corrected chi connectivity index (χ1v) is 9.65. The molecule has 0 radical (unpaired) electrons. The van der Waals surface area contributed by atoms with Crippen LogP contribution in [0.5, 0.6) is 0 Å². The summed E-state index contributed by atoms with van der Waals surface area (Å²) in [6.45, 7) is 16.5. The molecule has 138 valence electrons. The molecule has 0 rings (SSSR count). The van der Waals surface area contributed by atoms with E-state index in [1.165, 1.54) is 32.1 Å². The zero-order valence-electron chi connectivity index (χ0n) is 17.0. The van der Waals surface area contributed by atoms with Crippen LogP contribution in [0, 0.1) is 16.7 Å². The number of rotatable bonds is 11. The first kappa shape index (κ1) is 22.5. The molecule has 23 heavy (non-hydrogen) atoms. The van der Waals surface area contributed by atoms with Gasteiger partial charge in [0, 0.05) is 6.42 Å². The Bertz CT molecular complexity index is 307. The van der Waals surface area contributed by atoms with Crippen LogP contribution in [0.25, 0.3) is 0 Å². The summed E-state index contributed by atoms with van der Waals surface area (Å²) in [5.74, 6) is 0.605. The monoisotopic (exact) mass is 326 g/mol. The molecule has 0 aromatic carbocycles. The van der Waals surface area contributed by atoms with Gasteiger partial charge in [0.1, 0.15) is 0 Å². The van der Waals surface area contributed by atoms with Crippen molar-refractivity contribution in [2.45, 2.75) is 106 Å². The van der Waals surface area contributed by atoms with Gasteiger partial charge in [-0.15, -0.1) is 0 Å². The highest BCUT2D eigenvalue weighted by atomic mass is 16.5. The molecule has 0 saturated carbocycles. The van der Waals surface area contributed by atoms with Crippen LogP contribution in [0.3, 0.4) is 0 Å². The number of carbonyl (C=O) groups excluding carboxylic acids is 1. The van der Waals surface area contributed by atoms with E-state index in [1.807, 2.05) is 0 Å². The van der Waals surface area contributed by atoms with Crippen LogP contribution in [0.2, 0.25) is 0 Å². The van der Waals surface area contributed by atoms with Crippen LogP contribution < -0.4 is 0 Å². The molecule has 0 bridgehead atoms. The number of hydrogen-bond acceptors (Lipinski definition) is 2. The number of esters is 1. The summed E-state index contributed by atoms with van der Waals surface area (Å²) >= 11 is 0. The molecule has 0 saturated heterocycles. The Kier molecular flexibility index (Phi) is 10.8. The maximum absolute atomic E-state index is 11.7. The van der Waals surface area contributed by atoms with E-state index in [0.717, 1.165) is 19.3 Å². The highest BCUT2D eigenvalue weighted by molar-refractivity contribution is 5.69. The number of hydrogen-bond donors (Lipinski definition) is 0. The Balaban J connectivity index is 3.48. The van der Waals surface area contributed by atoms with Crippen molar-refractivity contribution in [1.29, 1.82) is 0 Å². The molecule has 2 nitrogen and oxygen atoms in total. The third kappa shape index (κ3) is 17.7. The SMILES string of the molecule is CC(CCOC(=O)CCCCCCCC(C)(C)C)CC(C)(C)C. The Morgan fingerprint density at radius 3 is 2.00 bits per heavy atom. The van der Waals surface area contributed by atoms with Gasteiger partial charge in [0.25, 0.3) is 0 Å². The van der Waals surface area contributed by atoms with Crippen LogP contribution in [-0.4, -0.2) is 12.6 Å². The Labute approximate surface area is 145 Å². The molecule has 0 aliphatic carbocycles. The lowest BCUT2D eigenvalue weighted by atomic mass is 9.84. The molecule has 2 heteroatoms. The van der Waals surface area contributed by atoms with Crippen molar-refractivity contribution in [3.8, 4) is 0 Å². The first-order chi connectivity index (χ1) is 10.5. The normalized spacial score (nSPS) is 13.9. The van der Waals surface area contributed by atoms with Crippen molar-refractivity contribution in [2.75, 3.05) is 6.61 Å². The predicted molar refractivity (Wildman–Crippen MR) is 101 cm³/mol. The topological polar surface area (TPSA) is 26.3 Å². The minimum absolute atomic E-state index is 0.0114. The van der Waals surface area contributed by atoms with Crippen LogP contribution in [0.1, 0.15) is 106 Å². The molecule has 0 spiro atoms. The smallest absolute Gasteiger partial charge is 0.305 e. The summed E-state index contributed by atoms with van der Waals surface area (Å²) in [4.78, 5) is 11.7. The lowest BCUT2D eigenvalue weighted by molar-refractivity contribution is -0.144. The molecule has 1 atom stereocenters. The fourth-order valence-electron chi connectivity index (χ4n) is 3.05. The molecule has 0 amide bonds. The molecule has 0 N–H and O–H groups in total. The van der Waals surface area contributed by atoms with Gasteiger partial charge >= 0.3 is 5.97 Å². The van der Waals surface area contributed by atoms with Gasteiger partial charge in [0.05, 0.1) is 6.61 Å². The Morgan fingerprint density at radius 2 is 1.43 bits per heavy atom. The Hall–Kier alpha value is -0.530. The summed E-state index contributed by atoms with van der Waals surface area (Å²) in [5.41, 5.74) is 0.810. The second-order valence-corrected chi connectivity index (χ2v) is 9.71. The first-order valence-electron chi connectivity index (χ1n) is 9.65. The van der Waals surface area contributed by atoms with E-state index in [9.17, 15) is 4.79 Å².